The summed E-state index contributed by atoms with van der Waals surface area (Å²) in [5, 5.41) is 15.2. The highest BCUT2D eigenvalue weighted by molar-refractivity contribution is 7.13. The Bertz CT molecular complexity index is 536. The third kappa shape index (κ3) is 2.34. The molecule has 1 heterocycles. The lowest BCUT2D eigenvalue weighted by molar-refractivity contribution is -0.138. The van der Waals surface area contributed by atoms with Crippen LogP contribution in [0.1, 0.15) is 50.3 Å². The molecule has 5 rings (SSSR count). The predicted molar refractivity (Wildman–Crippen MR) is 81.2 cm³/mol. The van der Waals surface area contributed by atoms with Crippen molar-refractivity contribution in [2.24, 2.45) is 23.5 Å². The van der Waals surface area contributed by atoms with Gasteiger partial charge < -0.3 is 16.2 Å². The minimum absolute atomic E-state index is 0.206. The van der Waals surface area contributed by atoms with Crippen molar-refractivity contribution in [1.29, 1.82) is 0 Å². The Morgan fingerprint density at radius 2 is 1.90 bits per heavy atom. The zero-order chi connectivity index (χ0) is 14.6. The second-order valence-electron chi connectivity index (χ2n) is 7.22. The smallest absolute Gasteiger partial charge is 0.326 e. The molecule has 21 heavy (non-hydrogen) atoms. The summed E-state index contributed by atoms with van der Waals surface area (Å²) >= 11 is 1.48. The van der Waals surface area contributed by atoms with Crippen molar-refractivity contribution in [2.45, 2.75) is 50.1 Å². The van der Waals surface area contributed by atoms with Crippen LogP contribution in [-0.2, 0) is 4.79 Å². The van der Waals surface area contributed by atoms with Gasteiger partial charge in [0.25, 0.3) is 0 Å². The number of thiazole rings is 1. The van der Waals surface area contributed by atoms with Gasteiger partial charge in [-0.1, -0.05) is 0 Å². The van der Waals surface area contributed by atoms with Crippen LogP contribution in [0.25, 0.3) is 0 Å². The van der Waals surface area contributed by atoms with Crippen LogP contribution in [0.5, 0.6) is 0 Å². The highest BCUT2D eigenvalue weighted by atomic mass is 32.1. The number of carboxylic acids is 1. The summed E-state index contributed by atoms with van der Waals surface area (Å²) in [6.45, 7) is 0. The van der Waals surface area contributed by atoms with Gasteiger partial charge in [0.2, 0.25) is 0 Å². The van der Waals surface area contributed by atoms with E-state index in [4.69, 9.17) is 10.8 Å². The van der Waals surface area contributed by atoms with E-state index >= 15 is 0 Å². The van der Waals surface area contributed by atoms with Crippen LogP contribution in [0.3, 0.4) is 0 Å². The molecule has 6 heteroatoms. The molecule has 0 spiro atoms. The number of aliphatic carboxylic acids is 1. The lowest BCUT2D eigenvalue weighted by Crippen LogP contribution is -2.54. The Kier molecular flexibility index (Phi) is 3.01. The van der Waals surface area contributed by atoms with Gasteiger partial charge in [0, 0.05) is 10.9 Å². The molecular formula is C15H21N3O2S. The molecule has 4 saturated carbocycles. The maximum atomic E-state index is 10.9. The third-order valence-electron chi connectivity index (χ3n) is 5.52. The second-order valence-corrected chi connectivity index (χ2v) is 8.07. The second kappa shape index (κ2) is 4.68. The SMILES string of the molecule is NC(C(=O)O)c1csc(NC23CC4CC(CC(C4)C2)C3)n1. The van der Waals surface area contributed by atoms with Crippen molar-refractivity contribution in [3.8, 4) is 0 Å². The molecule has 1 unspecified atom stereocenters. The Morgan fingerprint density at radius 1 is 1.33 bits per heavy atom. The first-order valence-corrected chi connectivity index (χ1v) is 8.63. The molecule has 4 aliphatic rings. The maximum Gasteiger partial charge on any atom is 0.326 e. The molecule has 5 nitrogen and oxygen atoms in total. The number of hydrogen-bond donors (Lipinski definition) is 3. The Morgan fingerprint density at radius 3 is 2.43 bits per heavy atom. The van der Waals surface area contributed by atoms with Crippen molar-refractivity contribution in [2.75, 3.05) is 5.32 Å². The molecule has 1 atom stereocenters. The van der Waals surface area contributed by atoms with Crippen LogP contribution < -0.4 is 11.1 Å². The van der Waals surface area contributed by atoms with Crippen molar-refractivity contribution < 1.29 is 9.90 Å². The quantitative estimate of drug-likeness (QED) is 0.796. The van der Waals surface area contributed by atoms with E-state index in [1.807, 2.05) is 0 Å². The summed E-state index contributed by atoms with van der Waals surface area (Å²) in [5.41, 5.74) is 6.29. The number of carbonyl (C=O) groups is 1. The van der Waals surface area contributed by atoms with Crippen molar-refractivity contribution >= 4 is 22.4 Å². The standard InChI is InChI=1S/C15H21N3O2S/c16-12(13(19)20)11-7-21-14(17-11)18-15-4-8-1-9(5-15)3-10(2-8)6-15/h7-10,12H,1-6,16H2,(H,17,18)(H,19,20). The Hall–Kier alpha value is -1.14. The minimum atomic E-state index is -1.03. The predicted octanol–water partition coefficient (Wildman–Crippen LogP) is 2.61. The van der Waals surface area contributed by atoms with E-state index in [0.717, 1.165) is 22.9 Å². The molecule has 1 aromatic rings. The Labute approximate surface area is 127 Å². The van der Waals surface area contributed by atoms with Crippen LogP contribution in [0.2, 0.25) is 0 Å². The molecule has 0 amide bonds. The summed E-state index contributed by atoms with van der Waals surface area (Å²) in [4.78, 5) is 15.3. The monoisotopic (exact) mass is 307 g/mol. The van der Waals surface area contributed by atoms with Gasteiger partial charge in [-0.05, 0) is 56.3 Å². The summed E-state index contributed by atoms with van der Waals surface area (Å²) in [7, 11) is 0. The molecule has 0 aliphatic heterocycles. The average molecular weight is 307 g/mol. The molecule has 4 aliphatic carbocycles. The van der Waals surface area contributed by atoms with Crippen LogP contribution in [-0.4, -0.2) is 21.6 Å². The summed E-state index contributed by atoms with van der Waals surface area (Å²) < 4.78 is 0. The fourth-order valence-corrected chi connectivity index (χ4v) is 5.97. The fraction of sp³-hybridized carbons (Fsp3) is 0.733. The lowest BCUT2D eigenvalue weighted by atomic mass is 9.53. The molecule has 1 aromatic heterocycles. The zero-order valence-electron chi connectivity index (χ0n) is 11.9. The normalized spacial score (nSPS) is 38.4. The lowest BCUT2D eigenvalue weighted by Gasteiger charge is -2.56. The number of aromatic nitrogens is 1. The maximum absolute atomic E-state index is 10.9. The zero-order valence-corrected chi connectivity index (χ0v) is 12.7. The molecule has 4 N–H and O–H groups in total. The number of hydrogen-bond acceptors (Lipinski definition) is 5. The van der Waals surface area contributed by atoms with E-state index in [-0.39, 0.29) is 5.54 Å². The first kappa shape index (κ1) is 13.5. The number of nitrogens with two attached hydrogens (primary N) is 1. The molecule has 0 radical (unpaired) electrons. The Balaban J connectivity index is 1.52. The number of nitrogens with zero attached hydrogens (tertiary/aromatic N) is 1. The first-order valence-electron chi connectivity index (χ1n) is 7.75. The minimum Gasteiger partial charge on any atom is -0.480 e. The summed E-state index contributed by atoms with van der Waals surface area (Å²) in [6, 6.07) is -1.02. The van der Waals surface area contributed by atoms with Gasteiger partial charge in [0.1, 0.15) is 6.04 Å². The number of carboxylic acid groups (broad SMARTS) is 1. The van der Waals surface area contributed by atoms with Gasteiger partial charge in [0.05, 0.1) is 5.69 Å². The van der Waals surface area contributed by atoms with Gasteiger partial charge in [0.15, 0.2) is 5.13 Å². The van der Waals surface area contributed by atoms with Crippen molar-refractivity contribution in [1.82, 2.24) is 4.98 Å². The van der Waals surface area contributed by atoms with Gasteiger partial charge >= 0.3 is 5.97 Å². The highest BCUT2D eigenvalue weighted by Crippen LogP contribution is 2.56. The first-order chi connectivity index (χ1) is 10.0. The average Bonchev–Trinajstić information content (AvgIpc) is 2.83. The molecule has 4 bridgehead atoms. The third-order valence-corrected chi connectivity index (χ3v) is 6.29. The van der Waals surface area contributed by atoms with E-state index in [1.54, 1.807) is 5.38 Å². The van der Waals surface area contributed by atoms with Crippen molar-refractivity contribution in [3.63, 3.8) is 0 Å². The van der Waals surface area contributed by atoms with Gasteiger partial charge in [-0.15, -0.1) is 11.3 Å². The topological polar surface area (TPSA) is 88.2 Å². The van der Waals surface area contributed by atoms with E-state index in [0.29, 0.717) is 5.69 Å². The molecule has 0 aromatic carbocycles. The summed E-state index contributed by atoms with van der Waals surface area (Å²) in [6.07, 6.45) is 7.98. The number of nitrogens with one attached hydrogen (secondary N) is 1. The summed E-state index contributed by atoms with van der Waals surface area (Å²) in [5.74, 6) is 1.61. The number of rotatable bonds is 4. The van der Waals surface area contributed by atoms with Gasteiger partial charge in [-0.2, -0.15) is 0 Å². The van der Waals surface area contributed by atoms with E-state index < -0.39 is 12.0 Å². The van der Waals surface area contributed by atoms with E-state index in [1.165, 1.54) is 49.9 Å². The molecule has 0 saturated heterocycles. The van der Waals surface area contributed by atoms with E-state index in [2.05, 4.69) is 10.3 Å². The van der Waals surface area contributed by atoms with Crippen LogP contribution in [0.15, 0.2) is 5.38 Å². The van der Waals surface area contributed by atoms with Gasteiger partial charge in [-0.3, -0.25) is 4.79 Å². The van der Waals surface area contributed by atoms with Crippen LogP contribution in [0, 0.1) is 17.8 Å². The molecule has 114 valence electrons. The fourth-order valence-electron chi connectivity index (χ4n) is 5.10. The molecule has 4 fully saturated rings. The van der Waals surface area contributed by atoms with E-state index in [9.17, 15) is 4.79 Å². The largest absolute Gasteiger partial charge is 0.480 e. The van der Waals surface area contributed by atoms with Crippen LogP contribution in [0.4, 0.5) is 5.13 Å². The number of anilines is 1. The van der Waals surface area contributed by atoms with Crippen molar-refractivity contribution in [3.05, 3.63) is 11.1 Å². The van der Waals surface area contributed by atoms with Crippen LogP contribution >= 0.6 is 11.3 Å². The van der Waals surface area contributed by atoms with Gasteiger partial charge in [-0.25, -0.2) is 4.98 Å². The highest BCUT2D eigenvalue weighted by Gasteiger charge is 2.51. The molecular weight excluding hydrogens is 286 g/mol.